The second kappa shape index (κ2) is 15.1. The molecule has 0 saturated carbocycles. The summed E-state index contributed by atoms with van der Waals surface area (Å²) in [6, 6.07) is 8.02. The van der Waals surface area contributed by atoms with Gasteiger partial charge in [-0.3, -0.25) is 9.59 Å². The molecule has 0 aliphatic carbocycles. The fourth-order valence-corrected chi connectivity index (χ4v) is 7.67. The van der Waals surface area contributed by atoms with Crippen molar-refractivity contribution < 1.29 is 14.4 Å². The molecule has 2 saturated heterocycles. The van der Waals surface area contributed by atoms with Crippen LogP contribution in [-0.4, -0.2) is 79.4 Å². The van der Waals surface area contributed by atoms with Crippen LogP contribution in [0.25, 0.3) is 11.4 Å². The number of urea groups is 1. The number of carbonyl (C=O) groups is 3. The van der Waals surface area contributed by atoms with E-state index >= 15 is 0 Å². The maximum Gasteiger partial charge on any atom is 0.315 e. The molecule has 11 nitrogen and oxygen atoms in total. The molecule has 2 aromatic rings. The number of fused-ring (bicyclic) bond motifs is 1. The lowest BCUT2D eigenvalue weighted by Gasteiger charge is -2.16. The molecule has 4 rings (SSSR count). The Morgan fingerprint density at radius 3 is 2.55 bits per heavy atom. The molecule has 0 bridgehead atoms. The average molecular weight is 577 g/mol. The molecule has 0 radical (unpaired) electrons. The number of hydrogen-bond acceptors (Lipinski definition) is 10. The molecule has 1 aromatic carbocycles. The van der Waals surface area contributed by atoms with Crippen LogP contribution >= 0.6 is 33.3 Å². The number of benzene rings is 1. The number of unbranched alkanes of at least 4 members (excludes halogenated alkanes) is 1. The van der Waals surface area contributed by atoms with Gasteiger partial charge in [-0.1, -0.05) is 52.3 Å². The highest BCUT2D eigenvalue weighted by molar-refractivity contribution is 8.76. The van der Waals surface area contributed by atoms with Crippen molar-refractivity contribution in [2.24, 2.45) is 0 Å². The normalized spacial score (nSPS) is 19.9. The minimum atomic E-state index is -0.0571. The summed E-state index contributed by atoms with van der Waals surface area (Å²) in [6.45, 7) is 1.09. The molecular formula is C24H32N8O3S3. The van der Waals surface area contributed by atoms with Gasteiger partial charge in [0.2, 0.25) is 17.6 Å². The monoisotopic (exact) mass is 576 g/mol. The third-order valence-corrected chi connectivity index (χ3v) is 10.1. The summed E-state index contributed by atoms with van der Waals surface area (Å²) in [6.07, 6.45) is 5.13. The molecule has 2 fully saturated rings. The maximum absolute atomic E-state index is 12.1. The number of thioether (sulfide) groups is 1. The first-order valence-corrected chi connectivity index (χ1v) is 16.2. The zero-order valence-electron chi connectivity index (χ0n) is 20.9. The van der Waals surface area contributed by atoms with E-state index in [1.165, 1.54) is 6.33 Å². The van der Waals surface area contributed by atoms with E-state index in [0.717, 1.165) is 41.9 Å². The molecule has 2 aliphatic heterocycles. The first-order valence-electron chi connectivity index (χ1n) is 12.6. The van der Waals surface area contributed by atoms with Gasteiger partial charge in [0.1, 0.15) is 0 Å². The topological polar surface area (TPSA) is 151 Å². The smallest absolute Gasteiger partial charge is 0.315 e. The zero-order valence-corrected chi connectivity index (χ0v) is 23.4. The van der Waals surface area contributed by atoms with Crippen molar-refractivity contribution in [1.29, 1.82) is 0 Å². The molecule has 2 aliphatic rings. The van der Waals surface area contributed by atoms with Gasteiger partial charge < -0.3 is 21.3 Å². The largest absolute Gasteiger partial charge is 0.355 e. The summed E-state index contributed by atoms with van der Waals surface area (Å²) in [7, 11) is 3.30. The average Bonchev–Trinajstić information content (AvgIpc) is 3.49. The molecule has 3 heterocycles. The van der Waals surface area contributed by atoms with Gasteiger partial charge in [0.05, 0.1) is 12.1 Å². The predicted molar refractivity (Wildman–Crippen MR) is 151 cm³/mol. The van der Waals surface area contributed by atoms with Crippen LogP contribution in [0.3, 0.4) is 0 Å². The van der Waals surface area contributed by atoms with Crippen molar-refractivity contribution in [3.05, 3.63) is 36.2 Å². The number of hydrogen-bond donors (Lipinski definition) is 4. The molecule has 14 heteroatoms. The fraction of sp³-hybridized carbons (Fsp3) is 0.542. The number of rotatable bonds is 15. The summed E-state index contributed by atoms with van der Waals surface area (Å²) in [5.41, 5.74) is 1.81. The van der Waals surface area contributed by atoms with Gasteiger partial charge in [0.25, 0.3) is 0 Å². The first kappa shape index (κ1) is 28.4. The lowest BCUT2D eigenvalue weighted by molar-refractivity contribution is -0.121. The number of nitrogens with one attached hydrogen (secondary N) is 4. The molecule has 1 aromatic heterocycles. The van der Waals surface area contributed by atoms with Gasteiger partial charge in [-0.2, -0.15) is 11.8 Å². The Kier molecular flexibility index (Phi) is 11.3. The van der Waals surface area contributed by atoms with Crippen molar-refractivity contribution >= 4 is 51.2 Å². The van der Waals surface area contributed by atoms with E-state index in [-0.39, 0.29) is 29.9 Å². The Balaban J connectivity index is 0.959. The van der Waals surface area contributed by atoms with Crippen molar-refractivity contribution in [3.63, 3.8) is 0 Å². The number of nitrogens with zero attached hydrogens (tertiary/aromatic N) is 4. The Morgan fingerprint density at radius 1 is 0.974 bits per heavy atom. The summed E-state index contributed by atoms with van der Waals surface area (Å²) in [5.74, 6) is 3.03. The lowest BCUT2D eigenvalue weighted by atomic mass is 10.0. The second-order valence-corrected chi connectivity index (χ2v) is 12.9. The van der Waals surface area contributed by atoms with Gasteiger partial charge >= 0.3 is 6.03 Å². The molecule has 0 unspecified atom stereocenters. The summed E-state index contributed by atoms with van der Waals surface area (Å²) >= 11 is 1.91. The van der Waals surface area contributed by atoms with E-state index in [0.29, 0.717) is 42.8 Å². The van der Waals surface area contributed by atoms with Crippen LogP contribution in [0.15, 0.2) is 30.6 Å². The van der Waals surface area contributed by atoms with Crippen LogP contribution in [0.2, 0.25) is 0 Å². The fourth-order valence-electron chi connectivity index (χ4n) is 4.23. The zero-order chi connectivity index (χ0) is 26.6. The molecule has 38 heavy (non-hydrogen) atoms. The Labute approximate surface area is 234 Å². The van der Waals surface area contributed by atoms with Gasteiger partial charge in [0, 0.05) is 54.0 Å². The predicted octanol–water partition coefficient (Wildman–Crippen LogP) is 2.16. The van der Waals surface area contributed by atoms with Crippen molar-refractivity contribution in [3.8, 4) is 11.4 Å². The highest BCUT2D eigenvalue weighted by Gasteiger charge is 2.42. The first-order chi connectivity index (χ1) is 18.6. The van der Waals surface area contributed by atoms with Gasteiger partial charge in [-0.25, -0.2) is 4.79 Å². The maximum atomic E-state index is 12.1. The van der Waals surface area contributed by atoms with E-state index in [9.17, 15) is 14.4 Å². The van der Waals surface area contributed by atoms with Gasteiger partial charge in [-0.05, 0) is 18.4 Å². The molecule has 4 amide bonds. The quantitative estimate of drug-likeness (QED) is 0.141. The highest BCUT2D eigenvalue weighted by atomic mass is 33.1. The number of amides is 4. The standard InChI is InChI=1S/C24H32N8O3S3/c33-20(4-2-1-3-19-22-18(14-36-19)29-24(35)30-22)25-10-12-38-37-11-9-21(34)26-13-16-5-7-17(8-6-16)23-31-27-15-28-32-23/h5-8,15,18-19,22H,1-4,9-14H2,(H,25,33)(H,26,34)(H2,29,30,35)/t18-,19-,22-/m0/s1. The number of carbonyl (C=O) groups excluding carboxylic acids is 3. The summed E-state index contributed by atoms with van der Waals surface area (Å²) in [5, 5.41) is 27.6. The number of aromatic nitrogens is 4. The third kappa shape index (κ3) is 9.02. The summed E-state index contributed by atoms with van der Waals surface area (Å²) in [4.78, 5) is 35.6. The van der Waals surface area contributed by atoms with E-state index in [1.54, 1.807) is 21.6 Å². The summed E-state index contributed by atoms with van der Waals surface area (Å²) < 4.78 is 0. The van der Waals surface area contributed by atoms with E-state index in [4.69, 9.17) is 0 Å². The Bertz CT molecular complexity index is 1060. The van der Waals surface area contributed by atoms with Gasteiger partial charge in [-0.15, -0.1) is 20.4 Å². The van der Waals surface area contributed by atoms with Crippen molar-refractivity contribution in [2.45, 2.75) is 56.0 Å². The molecule has 204 valence electrons. The Morgan fingerprint density at radius 2 is 1.74 bits per heavy atom. The molecule has 4 N–H and O–H groups in total. The van der Waals surface area contributed by atoms with Crippen LogP contribution in [0.5, 0.6) is 0 Å². The van der Waals surface area contributed by atoms with Gasteiger partial charge in [0.15, 0.2) is 6.33 Å². The van der Waals surface area contributed by atoms with Crippen LogP contribution in [0.4, 0.5) is 4.79 Å². The second-order valence-electron chi connectivity index (χ2n) is 8.96. The van der Waals surface area contributed by atoms with Crippen molar-refractivity contribution in [2.75, 3.05) is 23.8 Å². The molecule has 0 spiro atoms. The minimum absolute atomic E-state index is 0.00775. The third-order valence-electron chi connectivity index (χ3n) is 6.19. The van der Waals surface area contributed by atoms with E-state index in [2.05, 4.69) is 41.7 Å². The Hall–Kier alpha value is -2.58. The van der Waals surface area contributed by atoms with Crippen LogP contribution in [0.1, 0.15) is 37.7 Å². The van der Waals surface area contributed by atoms with E-state index in [1.807, 2.05) is 36.0 Å². The van der Waals surface area contributed by atoms with Crippen molar-refractivity contribution in [1.82, 2.24) is 41.7 Å². The van der Waals surface area contributed by atoms with Crippen LogP contribution < -0.4 is 21.3 Å². The minimum Gasteiger partial charge on any atom is -0.355 e. The van der Waals surface area contributed by atoms with Crippen LogP contribution in [0, 0.1) is 0 Å². The molecule has 3 atom stereocenters. The van der Waals surface area contributed by atoms with Crippen LogP contribution in [-0.2, 0) is 16.1 Å². The van der Waals surface area contributed by atoms with E-state index < -0.39 is 0 Å². The SMILES string of the molecule is O=C(CCCC[C@@H]1SC[C@@H]2NC(=O)N[C@@H]21)NCCSSCCC(=O)NCc1ccc(-c2nncnn2)cc1. The molecular weight excluding hydrogens is 545 g/mol. The highest BCUT2D eigenvalue weighted by Crippen LogP contribution is 2.33. The lowest BCUT2D eigenvalue weighted by Crippen LogP contribution is -2.36.